The number of ether oxygens (including phenoxy) is 2. The van der Waals surface area contributed by atoms with Gasteiger partial charge in [-0.3, -0.25) is 10.1 Å². The molecule has 0 radical (unpaired) electrons. The van der Waals surface area contributed by atoms with Gasteiger partial charge in [0.2, 0.25) is 0 Å². The van der Waals surface area contributed by atoms with E-state index in [4.69, 9.17) is 15.2 Å². The topological polar surface area (TPSA) is 124 Å². The molecule has 1 heterocycles. The van der Waals surface area contributed by atoms with Crippen molar-refractivity contribution >= 4 is 17.7 Å². The molecule has 0 aliphatic carbocycles. The molecule has 0 fully saturated rings. The smallest absolute Gasteiger partial charge is 0.412 e. The molecular weight excluding hydrogens is 326 g/mol. The molecule has 2 amide bonds. The number of carbonyl (C=O) groups excluding carboxylic acids is 2. The van der Waals surface area contributed by atoms with E-state index in [2.05, 4.69) is 10.3 Å². The van der Waals surface area contributed by atoms with E-state index in [0.717, 1.165) is 0 Å². The lowest BCUT2D eigenvalue weighted by molar-refractivity contribution is 0.0635. The van der Waals surface area contributed by atoms with Crippen LogP contribution >= 0.6 is 0 Å². The highest BCUT2D eigenvalue weighted by Gasteiger charge is 2.17. The van der Waals surface area contributed by atoms with Gasteiger partial charge in [-0.25, -0.2) is 9.78 Å². The highest BCUT2D eigenvalue weighted by molar-refractivity contribution is 5.94. The summed E-state index contributed by atoms with van der Waals surface area (Å²) in [6.07, 6.45) is 0.729. The van der Waals surface area contributed by atoms with Crippen molar-refractivity contribution in [1.82, 2.24) is 4.98 Å². The monoisotopic (exact) mass is 345 g/mol. The van der Waals surface area contributed by atoms with Crippen LogP contribution in [-0.2, 0) is 4.74 Å². The van der Waals surface area contributed by atoms with E-state index < -0.39 is 23.4 Å². The van der Waals surface area contributed by atoms with Gasteiger partial charge in [-0.1, -0.05) is 0 Å². The Kier molecular flexibility index (Phi) is 5.11. The van der Waals surface area contributed by atoms with Gasteiger partial charge in [-0.15, -0.1) is 0 Å². The molecule has 2 rings (SSSR count). The van der Waals surface area contributed by atoms with Gasteiger partial charge in [0.1, 0.15) is 11.4 Å². The molecular formula is C17H19N3O5. The number of hydrogen-bond acceptors (Lipinski definition) is 6. The van der Waals surface area contributed by atoms with Crippen LogP contribution < -0.4 is 15.8 Å². The van der Waals surface area contributed by atoms with Gasteiger partial charge >= 0.3 is 6.09 Å². The van der Waals surface area contributed by atoms with Crippen LogP contribution in [0.3, 0.4) is 0 Å². The summed E-state index contributed by atoms with van der Waals surface area (Å²) in [6, 6.07) is 7.76. The number of nitrogens with two attached hydrogens (primary N) is 1. The lowest BCUT2D eigenvalue weighted by Crippen LogP contribution is -2.27. The summed E-state index contributed by atoms with van der Waals surface area (Å²) in [5, 5.41) is 12.5. The maximum absolute atomic E-state index is 11.7. The molecule has 25 heavy (non-hydrogen) atoms. The van der Waals surface area contributed by atoms with Crippen molar-refractivity contribution in [2.45, 2.75) is 26.4 Å². The standard InChI is InChI=1S/C17H19N3O5/c1-17(2,3)25-16(23)20-10-4-6-11(7-5-10)24-12-8-9-19-13(14(12)21)15(18)22/h4-9,21H,1-3H3,(H2,18,22)(H,20,23). The molecule has 8 heteroatoms. The summed E-state index contributed by atoms with van der Waals surface area (Å²) >= 11 is 0. The second-order valence-corrected chi connectivity index (χ2v) is 6.12. The highest BCUT2D eigenvalue weighted by Crippen LogP contribution is 2.32. The number of nitrogens with zero attached hydrogens (tertiary/aromatic N) is 1. The number of rotatable bonds is 4. The predicted octanol–water partition coefficient (Wildman–Crippen LogP) is 3.03. The Morgan fingerprint density at radius 2 is 1.80 bits per heavy atom. The number of amides is 2. The minimum Gasteiger partial charge on any atom is -0.503 e. The summed E-state index contributed by atoms with van der Waals surface area (Å²) in [4.78, 5) is 26.6. The van der Waals surface area contributed by atoms with Crippen LogP contribution in [0.15, 0.2) is 36.5 Å². The first-order valence-corrected chi connectivity index (χ1v) is 7.41. The first-order chi connectivity index (χ1) is 11.7. The van der Waals surface area contributed by atoms with E-state index in [1.165, 1.54) is 12.3 Å². The molecule has 0 unspecified atom stereocenters. The minimum atomic E-state index is -0.861. The summed E-state index contributed by atoms with van der Waals surface area (Å²) < 4.78 is 10.7. The number of anilines is 1. The van der Waals surface area contributed by atoms with Crippen LogP contribution in [0.25, 0.3) is 0 Å². The molecule has 132 valence electrons. The molecule has 0 saturated carbocycles. The zero-order chi connectivity index (χ0) is 18.6. The first kappa shape index (κ1) is 18.1. The van der Waals surface area contributed by atoms with Crippen LogP contribution in [0, 0.1) is 0 Å². The summed E-state index contributed by atoms with van der Waals surface area (Å²) in [7, 11) is 0. The number of aromatic nitrogens is 1. The lowest BCUT2D eigenvalue weighted by atomic mass is 10.2. The molecule has 2 aromatic rings. The van der Waals surface area contributed by atoms with Crippen molar-refractivity contribution < 1.29 is 24.2 Å². The van der Waals surface area contributed by atoms with Gasteiger partial charge in [-0.2, -0.15) is 0 Å². The van der Waals surface area contributed by atoms with Gasteiger partial charge in [-0.05, 0) is 45.0 Å². The quantitative estimate of drug-likeness (QED) is 0.782. The van der Waals surface area contributed by atoms with Gasteiger partial charge in [0.15, 0.2) is 17.2 Å². The Morgan fingerprint density at radius 1 is 1.16 bits per heavy atom. The molecule has 1 aromatic carbocycles. The Morgan fingerprint density at radius 3 is 2.36 bits per heavy atom. The maximum atomic E-state index is 11.7. The maximum Gasteiger partial charge on any atom is 0.412 e. The van der Waals surface area contributed by atoms with E-state index in [1.54, 1.807) is 45.0 Å². The Bertz CT molecular complexity index is 782. The second-order valence-electron chi connectivity index (χ2n) is 6.12. The second kappa shape index (κ2) is 7.08. The fourth-order valence-corrected chi connectivity index (χ4v) is 1.85. The molecule has 0 spiro atoms. The molecule has 0 aliphatic heterocycles. The first-order valence-electron chi connectivity index (χ1n) is 7.41. The number of pyridine rings is 1. The number of nitrogens with one attached hydrogen (secondary N) is 1. The summed E-state index contributed by atoms with van der Waals surface area (Å²) in [5.74, 6) is -0.880. The predicted molar refractivity (Wildman–Crippen MR) is 90.8 cm³/mol. The minimum absolute atomic E-state index is 0.0386. The molecule has 8 nitrogen and oxygen atoms in total. The Balaban J connectivity index is 2.07. The SMILES string of the molecule is CC(C)(C)OC(=O)Nc1ccc(Oc2ccnc(C(N)=O)c2O)cc1. The normalized spacial score (nSPS) is 10.8. The summed E-state index contributed by atoms with van der Waals surface area (Å²) in [6.45, 7) is 5.31. The van der Waals surface area contributed by atoms with Crippen LogP contribution in [0.5, 0.6) is 17.2 Å². The molecule has 0 bridgehead atoms. The third-order valence-electron chi connectivity index (χ3n) is 2.85. The fraction of sp³-hybridized carbons (Fsp3) is 0.235. The Hall–Kier alpha value is -3.29. The van der Waals surface area contributed by atoms with E-state index in [0.29, 0.717) is 11.4 Å². The fourth-order valence-electron chi connectivity index (χ4n) is 1.85. The lowest BCUT2D eigenvalue weighted by Gasteiger charge is -2.19. The zero-order valence-corrected chi connectivity index (χ0v) is 14.1. The molecule has 4 N–H and O–H groups in total. The Labute approximate surface area is 144 Å². The largest absolute Gasteiger partial charge is 0.503 e. The van der Waals surface area contributed by atoms with Gasteiger partial charge in [0, 0.05) is 18.0 Å². The number of primary amides is 1. The van der Waals surface area contributed by atoms with Crippen LogP contribution in [-0.4, -0.2) is 27.7 Å². The van der Waals surface area contributed by atoms with Crippen molar-refractivity contribution in [2.24, 2.45) is 5.73 Å². The van der Waals surface area contributed by atoms with E-state index >= 15 is 0 Å². The molecule has 0 atom stereocenters. The average molecular weight is 345 g/mol. The van der Waals surface area contributed by atoms with E-state index in [1.807, 2.05) is 0 Å². The number of carbonyl (C=O) groups is 2. The van der Waals surface area contributed by atoms with Gasteiger partial charge in [0.05, 0.1) is 0 Å². The van der Waals surface area contributed by atoms with Gasteiger partial charge < -0.3 is 20.3 Å². The van der Waals surface area contributed by atoms with Crippen LogP contribution in [0.1, 0.15) is 31.3 Å². The molecule has 0 saturated heterocycles. The number of hydrogen-bond donors (Lipinski definition) is 3. The van der Waals surface area contributed by atoms with E-state index in [9.17, 15) is 14.7 Å². The average Bonchev–Trinajstić information content (AvgIpc) is 2.49. The third kappa shape index (κ3) is 5.10. The summed E-state index contributed by atoms with van der Waals surface area (Å²) in [5.41, 5.74) is 4.76. The molecule has 1 aromatic heterocycles. The van der Waals surface area contributed by atoms with Crippen molar-refractivity contribution in [3.05, 3.63) is 42.2 Å². The van der Waals surface area contributed by atoms with E-state index in [-0.39, 0.29) is 11.4 Å². The highest BCUT2D eigenvalue weighted by atomic mass is 16.6. The number of benzene rings is 1. The van der Waals surface area contributed by atoms with Crippen molar-refractivity contribution in [2.75, 3.05) is 5.32 Å². The van der Waals surface area contributed by atoms with Crippen molar-refractivity contribution in [3.8, 4) is 17.2 Å². The zero-order valence-electron chi connectivity index (χ0n) is 14.1. The van der Waals surface area contributed by atoms with Crippen molar-refractivity contribution in [3.63, 3.8) is 0 Å². The molecule has 0 aliphatic rings. The van der Waals surface area contributed by atoms with Gasteiger partial charge in [0.25, 0.3) is 5.91 Å². The van der Waals surface area contributed by atoms with Crippen molar-refractivity contribution in [1.29, 1.82) is 0 Å². The number of aromatic hydroxyl groups is 1. The van der Waals surface area contributed by atoms with Crippen LogP contribution in [0.2, 0.25) is 0 Å². The van der Waals surface area contributed by atoms with Crippen LogP contribution in [0.4, 0.5) is 10.5 Å². The third-order valence-corrected chi connectivity index (χ3v) is 2.85.